The third-order valence-electron chi connectivity index (χ3n) is 3.73. The van der Waals surface area contributed by atoms with Crippen molar-refractivity contribution in [2.24, 2.45) is 0 Å². The molecule has 1 atom stereocenters. The summed E-state index contributed by atoms with van der Waals surface area (Å²) < 4.78 is 15.7. The smallest absolute Gasteiger partial charge is 0.411 e. The molecule has 0 aromatic carbocycles. The van der Waals surface area contributed by atoms with Crippen LogP contribution in [0.3, 0.4) is 0 Å². The molecule has 1 fully saturated rings. The van der Waals surface area contributed by atoms with E-state index in [1.165, 1.54) is 19.5 Å². The van der Waals surface area contributed by atoms with Crippen molar-refractivity contribution < 1.29 is 23.3 Å². The highest BCUT2D eigenvalue weighted by molar-refractivity contribution is 5.74. The van der Waals surface area contributed by atoms with E-state index in [4.69, 9.17) is 13.7 Å². The molecule has 1 saturated heterocycles. The van der Waals surface area contributed by atoms with Crippen molar-refractivity contribution in [1.82, 2.24) is 15.0 Å². The monoisotopic (exact) mass is 319 g/mol. The van der Waals surface area contributed by atoms with E-state index in [0.29, 0.717) is 37.6 Å². The van der Waals surface area contributed by atoms with E-state index < -0.39 is 12.2 Å². The molecule has 23 heavy (non-hydrogen) atoms. The van der Waals surface area contributed by atoms with E-state index in [1.54, 1.807) is 28.0 Å². The second kappa shape index (κ2) is 6.55. The SMILES string of the molecule is CC(=O)N1CCN(C(=O)OC(c2ccon2)c2ccco2)CC1. The highest BCUT2D eigenvalue weighted by Crippen LogP contribution is 2.26. The van der Waals surface area contributed by atoms with Crippen molar-refractivity contribution in [2.75, 3.05) is 26.2 Å². The molecule has 1 unspecified atom stereocenters. The van der Waals surface area contributed by atoms with E-state index in [0.717, 1.165) is 0 Å². The van der Waals surface area contributed by atoms with Gasteiger partial charge in [-0.3, -0.25) is 4.79 Å². The summed E-state index contributed by atoms with van der Waals surface area (Å²) in [4.78, 5) is 27.0. The van der Waals surface area contributed by atoms with Gasteiger partial charge in [-0.1, -0.05) is 5.16 Å². The average Bonchev–Trinajstić information content (AvgIpc) is 3.26. The second-order valence-electron chi connectivity index (χ2n) is 5.20. The van der Waals surface area contributed by atoms with Gasteiger partial charge in [-0.15, -0.1) is 0 Å². The fourth-order valence-corrected chi connectivity index (χ4v) is 2.44. The molecule has 1 aliphatic heterocycles. The van der Waals surface area contributed by atoms with Crippen LogP contribution in [-0.4, -0.2) is 53.1 Å². The first-order chi connectivity index (χ1) is 11.1. The van der Waals surface area contributed by atoms with E-state index in [-0.39, 0.29) is 5.91 Å². The van der Waals surface area contributed by atoms with Gasteiger partial charge in [-0.05, 0) is 12.1 Å². The zero-order valence-corrected chi connectivity index (χ0v) is 12.7. The Kier molecular flexibility index (Phi) is 4.31. The minimum Gasteiger partial charge on any atom is -0.465 e. The number of carbonyl (C=O) groups is 2. The van der Waals surface area contributed by atoms with Gasteiger partial charge in [0.2, 0.25) is 12.0 Å². The first-order valence-electron chi connectivity index (χ1n) is 7.30. The normalized spacial score (nSPS) is 16.2. The van der Waals surface area contributed by atoms with Crippen LogP contribution < -0.4 is 0 Å². The van der Waals surface area contributed by atoms with Gasteiger partial charge in [0.15, 0.2) is 5.76 Å². The second-order valence-corrected chi connectivity index (χ2v) is 5.20. The van der Waals surface area contributed by atoms with Crippen LogP contribution in [0.5, 0.6) is 0 Å². The molecule has 8 heteroatoms. The number of piperazine rings is 1. The minimum atomic E-state index is -0.762. The number of furan rings is 1. The van der Waals surface area contributed by atoms with Crippen molar-refractivity contribution in [3.63, 3.8) is 0 Å². The van der Waals surface area contributed by atoms with Crippen LogP contribution >= 0.6 is 0 Å². The summed E-state index contributed by atoms with van der Waals surface area (Å²) in [7, 11) is 0. The van der Waals surface area contributed by atoms with Crippen LogP contribution in [0.2, 0.25) is 0 Å². The lowest BCUT2D eigenvalue weighted by atomic mass is 10.2. The molecule has 3 rings (SSSR count). The Morgan fingerprint density at radius 1 is 1.17 bits per heavy atom. The van der Waals surface area contributed by atoms with Gasteiger partial charge in [0, 0.05) is 39.2 Å². The van der Waals surface area contributed by atoms with E-state index in [9.17, 15) is 9.59 Å². The molecular weight excluding hydrogens is 302 g/mol. The highest BCUT2D eigenvalue weighted by Gasteiger charge is 2.29. The molecule has 8 nitrogen and oxygen atoms in total. The number of aromatic nitrogens is 1. The zero-order chi connectivity index (χ0) is 16.2. The lowest BCUT2D eigenvalue weighted by Crippen LogP contribution is -2.50. The number of hydrogen-bond acceptors (Lipinski definition) is 6. The molecule has 0 radical (unpaired) electrons. The standard InChI is InChI=1S/C15H17N3O5/c1-11(19)17-5-7-18(8-6-17)15(20)23-14(12-4-10-22-16-12)13-3-2-9-21-13/h2-4,9-10,14H,5-8H2,1H3. The topological polar surface area (TPSA) is 89.0 Å². The lowest BCUT2D eigenvalue weighted by molar-refractivity contribution is -0.130. The molecule has 2 aromatic rings. The maximum atomic E-state index is 12.4. The van der Waals surface area contributed by atoms with Gasteiger partial charge in [0.25, 0.3) is 0 Å². The van der Waals surface area contributed by atoms with Crippen LogP contribution in [0.25, 0.3) is 0 Å². The van der Waals surface area contributed by atoms with Crippen molar-refractivity contribution in [1.29, 1.82) is 0 Å². The lowest BCUT2D eigenvalue weighted by Gasteiger charge is -2.34. The maximum Gasteiger partial charge on any atom is 0.411 e. The molecule has 0 spiro atoms. The fraction of sp³-hybridized carbons (Fsp3) is 0.400. The Labute approximate surface area is 132 Å². The molecule has 1 aliphatic rings. The van der Waals surface area contributed by atoms with Gasteiger partial charge >= 0.3 is 6.09 Å². The van der Waals surface area contributed by atoms with E-state index >= 15 is 0 Å². The Balaban J connectivity index is 1.67. The number of rotatable bonds is 3. The fourth-order valence-electron chi connectivity index (χ4n) is 2.44. The quantitative estimate of drug-likeness (QED) is 0.855. The summed E-state index contributed by atoms with van der Waals surface area (Å²) in [5.74, 6) is 0.476. The summed E-state index contributed by atoms with van der Waals surface area (Å²) in [5, 5.41) is 3.82. The van der Waals surface area contributed by atoms with Crippen LogP contribution in [0.1, 0.15) is 24.5 Å². The van der Waals surface area contributed by atoms with Crippen LogP contribution in [0.4, 0.5) is 4.79 Å². The van der Waals surface area contributed by atoms with E-state index in [1.807, 2.05) is 0 Å². The molecule has 2 amide bonds. The van der Waals surface area contributed by atoms with Crippen molar-refractivity contribution >= 4 is 12.0 Å². The number of ether oxygens (including phenoxy) is 1. The van der Waals surface area contributed by atoms with Gasteiger partial charge in [0.05, 0.1) is 6.26 Å². The van der Waals surface area contributed by atoms with Crippen LogP contribution in [0, 0.1) is 0 Å². The Bertz CT molecular complexity index is 610. The van der Waals surface area contributed by atoms with Crippen molar-refractivity contribution in [3.05, 3.63) is 42.2 Å². The molecule has 0 N–H and O–H groups in total. The maximum absolute atomic E-state index is 12.4. The van der Waals surface area contributed by atoms with E-state index in [2.05, 4.69) is 5.16 Å². The first kappa shape index (κ1) is 15.1. The average molecular weight is 319 g/mol. The third-order valence-corrected chi connectivity index (χ3v) is 3.73. The summed E-state index contributed by atoms with van der Waals surface area (Å²) >= 11 is 0. The molecule has 122 valence electrons. The van der Waals surface area contributed by atoms with Gasteiger partial charge in [-0.2, -0.15) is 0 Å². The number of hydrogen-bond donors (Lipinski definition) is 0. The van der Waals surface area contributed by atoms with Gasteiger partial charge < -0.3 is 23.5 Å². The van der Waals surface area contributed by atoms with Crippen molar-refractivity contribution in [3.8, 4) is 0 Å². The predicted octanol–water partition coefficient (Wildman–Crippen LogP) is 1.66. The molecule has 3 heterocycles. The van der Waals surface area contributed by atoms with Gasteiger partial charge in [0.1, 0.15) is 12.0 Å². The molecule has 0 aliphatic carbocycles. The third kappa shape index (κ3) is 3.36. The molecule has 2 aromatic heterocycles. The highest BCUT2D eigenvalue weighted by atomic mass is 16.6. The summed E-state index contributed by atoms with van der Waals surface area (Å²) in [6.45, 7) is 3.38. The summed E-state index contributed by atoms with van der Waals surface area (Å²) in [5.41, 5.74) is 0.454. The predicted molar refractivity (Wildman–Crippen MR) is 77.4 cm³/mol. The Morgan fingerprint density at radius 2 is 1.91 bits per heavy atom. The number of amides is 2. The van der Waals surface area contributed by atoms with Crippen molar-refractivity contribution in [2.45, 2.75) is 13.0 Å². The van der Waals surface area contributed by atoms with Crippen LogP contribution in [0.15, 0.2) is 39.7 Å². The number of nitrogens with zero attached hydrogens (tertiary/aromatic N) is 3. The zero-order valence-electron chi connectivity index (χ0n) is 12.7. The molecular formula is C15H17N3O5. The largest absolute Gasteiger partial charge is 0.465 e. The molecule has 0 bridgehead atoms. The summed E-state index contributed by atoms with van der Waals surface area (Å²) in [6.07, 6.45) is 1.67. The minimum absolute atomic E-state index is 0.00840. The molecule has 0 saturated carbocycles. The Morgan fingerprint density at radius 3 is 2.48 bits per heavy atom. The number of carbonyl (C=O) groups excluding carboxylic acids is 2. The summed E-state index contributed by atoms with van der Waals surface area (Å²) in [6, 6.07) is 5.04. The van der Waals surface area contributed by atoms with Gasteiger partial charge in [-0.25, -0.2) is 4.79 Å². The Hall–Kier alpha value is -2.77. The van der Waals surface area contributed by atoms with Crippen LogP contribution in [-0.2, 0) is 9.53 Å². The first-order valence-corrected chi connectivity index (χ1v) is 7.30.